The fourth-order valence-electron chi connectivity index (χ4n) is 2.86. The molecule has 1 atom stereocenters. The highest BCUT2D eigenvalue weighted by molar-refractivity contribution is 6.02. The summed E-state index contributed by atoms with van der Waals surface area (Å²) in [5.74, 6) is -3.56. The zero-order valence-electron chi connectivity index (χ0n) is 14.4. The fraction of sp³-hybridized carbons (Fsp3) is 0.278. The maximum absolute atomic E-state index is 12.8. The molecule has 6 nitrogen and oxygen atoms in total. The van der Waals surface area contributed by atoms with Crippen molar-refractivity contribution in [3.05, 3.63) is 57.9 Å². The van der Waals surface area contributed by atoms with E-state index in [9.17, 15) is 32.7 Å². The van der Waals surface area contributed by atoms with Crippen LogP contribution in [0.3, 0.4) is 0 Å². The number of benzene rings is 1. The summed E-state index contributed by atoms with van der Waals surface area (Å²) in [5.41, 5.74) is -1.43. The van der Waals surface area contributed by atoms with E-state index in [4.69, 9.17) is 4.74 Å². The van der Waals surface area contributed by atoms with Crippen molar-refractivity contribution in [1.29, 1.82) is 0 Å². The molecule has 2 rings (SSSR count). The second-order valence-electron chi connectivity index (χ2n) is 5.69. The maximum Gasteiger partial charge on any atom is 0.416 e. The number of halogens is 3. The van der Waals surface area contributed by atoms with Gasteiger partial charge in [0, 0.05) is 5.70 Å². The number of rotatable bonds is 5. The van der Waals surface area contributed by atoms with Crippen molar-refractivity contribution < 1.29 is 37.4 Å². The molecule has 1 heterocycles. The number of hydrogen-bond donors (Lipinski definition) is 2. The van der Waals surface area contributed by atoms with E-state index in [2.05, 4.69) is 5.32 Å². The van der Waals surface area contributed by atoms with Gasteiger partial charge in [0.1, 0.15) is 0 Å². The van der Waals surface area contributed by atoms with Crippen molar-refractivity contribution in [1.82, 2.24) is 5.32 Å². The average molecular weight is 383 g/mol. The molecule has 0 fully saturated rings. The number of ether oxygens (including phenoxy) is 1. The highest BCUT2D eigenvalue weighted by Gasteiger charge is 2.39. The van der Waals surface area contributed by atoms with Crippen LogP contribution in [0.15, 0.2) is 46.8 Å². The Morgan fingerprint density at radius 1 is 1.22 bits per heavy atom. The molecule has 9 heteroatoms. The van der Waals surface area contributed by atoms with Crippen LogP contribution in [-0.2, 0) is 25.3 Å². The number of carbonyl (C=O) groups excluding carboxylic acids is 2. The molecule has 0 aromatic heterocycles. The van der Waals surface area contributed by atoms with Crippen LogP contribution in [0.4, 0.5) is 13.2 Å². The Balaban J connectivity index is 2.67. The molecule has 1 unspecified atom stereocenters. The van der Waals surface area contributed by atoms with Crippen LogP contribution in [0.2, 0.25) is 0 Å². The van der Waals surface area contributed by atoms with Gasteiger partial charge in [0.15, 0.2) is 6.29 Å². The number of esters is 1. The first-order valence-electron chi connectivity index (χ1n) is 7.86. The number of nitrogens with one attached hydrogen (secondary N) is 1. The number of allylic oxidation sites excluding steroid dienone is 2. The first-order chi connectivity index (χ1) is 12.6. The lowest BCUT2D eigenvalue weighted by molar-refractivity contribution is -0.139. The van der Waals surface area contributed by atoms with Crippen molar-refractivity contribution in [3.8, 4) is 0 Å². The zero-order chi connectivity index (χ0) is 20.4. The van der Waals surface area contributed by atoms with Gasteiger partial charge in [0.2, 0.25) is 0 Å². The number of aliphatic carboxylic acids is 1. The third-order valence-electron chi connectivity index (χ3n) is 4.01. The normalized spacial score (nSPS) is 17.4. The number of dihydropyridines is 1. The third kappa shape index (κ3) is 4.02. The lowest BCUT2D eigenvalue weighted by atomic mass is 9.80. The van der Waals surface area contributed by atoms with Gasteiger partial charge in [0.05, 0.1) is 34.9 Å². The second-order valence-corrected chi connectivity index (χ2v) is 5.69. The summed E-state index contributed by atoms with van der Waals surface area (Å²) in [6.45, 7) is 2.90. The molecule has 0 saturated heterocycles. The van der Waals surface area contributed by atoms with E-state index in [1.165, 1.54) is 13.8 Å². The zero-order valence-corrected chi connectivity index (χ0v) is 14.4. The highest BCUT2D eigenvalue weighted by atomic mass is 19.4. The van der Waals surface area contributed by atoms with Crippen LogP contribution in [0.25, 0.3) is 0 Å². The Morgan fingerprint density at radius 3 is 2.26 bits per heavy atom. The lowest BCUT2D eigenvalue weighted by Gasteiger charge is -2.29. The molecule has 0 spiro atoms. The van der Waals surface area contributed by atoms with E-state index in [0.29, 0.717) is 6.29 Å². The molecule has 0 amide bonds. The van der Waals surface area contributed by atoms with Crippen molar-refractivity contribution in [2.75, 3.05) is 6.61 Å². The number of hydrogen-bond acceptors (Lipinski definition) is 5. The van der Waals surface area contributed by atoms with Crippen molar-refractivity contribution in [2.24, 2.45) is 0 Å². The van der Waals surface area contributed by atoms with E-state index in [1.807, 2.05) is 0 Å². The molecular formula is C18H16F3NO5. The summed E-state index contributed by atoms with van der Waals surface area (Å²) >= 11 is 0. The molecule has 1 aromatic rings. The Morgan fingerprint density at radius 2 is 1.81 bits per heavy atom. The Kier molecular flexibility index (Phi) is 5.72. The number of carbonyl (C=O) groups is 3. The van der Waals surface area contributed by atoms with Gasteiger partial charge in [-0.2, -0.15) is 13.2 Å². The quantitative estimate of drug-likeness (QED) is 0.600. The van der Waals surface area contributed by atoms with Gasteiger partial charge in [0.25, 0.3) is 0 Å². The lowest BCUT2D eigenvalue weighted by Crippen LogP contribution is -2.33. The van der Waals surface area contributed by atoms with E-state index in [-0.39, 0.29) is 34.7 Å². The minimum Gasteiger partial charge on any atom is -0.478 e. The van der Waals surface area contributed by atoms with Gasteiger partial charge in [-0.3, -0.25) is 4.79 Å². The van der Waals surface area contributed by atoms with Gasteiger partial charge >= 0.3 is 18.1 Å². The summed E-state index contributed by atoms with van der Waals surface area (Å²) in [4.78, 5) is 35.5. The fourth-order valence-corrected chi connectivity index (χ4v) is 2.86. The molecule has 144 valence electrons. The molecular weight excluding hydrogens is 367 g/mol. The second kappa shape index (κ2) is 7.65. The maximum atomic E-state index is 12.8. The average Bonchev–Trinajstić information content (AvgIpc) is 2.59. The van der Waals surface area contributed by atoms with Crippen LogP contribution < -0.4 is 5.32 Å². The molecule has 1 aliphatic heterocycles. The largest absolute Gasteiger partial charge is 0.478 e. The van der Waals surface area contributed by atoms with Crippen LogP contribution in [0.1, 0.15) is 30.9 Å². The molecule has 0 saturated carbocycles. The minimum absolute atomic E-state index is 0.0285. The standard InChI is InChI=1S/C18H16F3NO5/c1-3-27-17(26)15-12(8-23)22-9(2)13(16(24)25)14(15)10-4-6-11(7-5-10)18(19,20)21/h4-8,14,22H,3H2,1-2H3,(H,24,25). The predicted octanol–water partition coefficient (Wildman–Crippen LogP) is 2.77. The van der Waals surface area contributed by atoms with Crippen molar-refractivity contribution in [3.63, 3.8) is 0 Å². The molecule has 2 N–H and O–H groups in total. The van der Waals surface area contributed by atoms with E-state index >= 15 is 0 Å². The Labute approximate surface area is 152 Å². The Hall–Kier alpha value is -3.10. The summed E-state index contributed by atoms with van der Waals surface area (Å²) in [5, 5.41) is 12.1. The van der Waals surface area contributed by atoms with Gasteiger partial charge in [-0.1, -0.05) is 12.1 Å². The van der Waals surface area contributed by atoms with Crippen LogP contribution >= 0.6 is 0 Å². The SMILES string of the molecule is CCOC(=O)C1=C(C=O)NC(C)=C(C(=O)O)C1c1ccc(C(F)(F)F)cc1. The molecule has 0 aliphatic carbocycles. The highest BCUT2D eigenvalue weighted by Crippen LogP contribution is 2.39. The smallest absolute Gasteiger partial charge is 0.416 e. The van der Waals surface area contributed by atoms with Gasteiger partial charge in [-0.25, -0.2) is 9.59 Å². The molecule has 27 heavy (non-hydrogen) atoms. The van der Waals surface area contributed by atoms with Gasteiger partial charge in [-0.05, 0) is 31.5 Å². The number of alkyl halides is 3. The summed E-state index contributed by atoms with van der Waals surface area (Å²) in [7, 11) is 0. The molecule has 0 bridgehead atoms. The van der Waals surface area contributed by atoms with E-state index < -0.39 is 29.6 Å². The monoisotopic (exact) mass is 383 g/mol. The summed E-state index contributed by atoms with van der Waals surface area (Å²) in [6, 6.07) is 3.73. The number of aldehydes is 1. The summed E-state index contributed by atoms with van der Waals surface area (Å²) in [6.07, 6.45) is -4.23. The number of carboxylic acids is 1. The van der Waals surface area contributed by atoms with Gasteiger partial charge < -0.3 is 15.2 Å². The van der Waals surface area contributed by atoms with Crippen LogP contribution in [-0.4, -0.2) is 29.9 Å². The van der Waals surface area contributed by atoms with Crippen LogP contribution in [0.5, 0.6) is 0 Å². The molecule has 1 aromatic carbocycles. The third-order valence-corrected chi connectivity index (χ3v) is 4.01. The van der Waals surface area contributed by atoms with E-state index in [0.717, 1.165) is 24.3 Å². The van der Waals surface area contributed by atoms with Crippen molar-refractivity contribution in [2.45, 2.75) is 25.9 Å². The number of carboxylic acid groups (broad SMARTS) is 1. The molecule has 1 aliphatic rings. The topological polar surface area (TPSA) is 92.7 Å². The first kappa shape index (κ1) is 20.2. The minimum atomic E-state index is -4.57. The first-order valence-corrected chi connectivity index (χ1v) is 7.86. The Bertz CT molecular complexity index is 838. The van der Waals surface area contributed by atoms with Crippen molar-refractivity contribution >= 4 is 18.2 Å². The predicted molar refractivity (Wildman–Crippen MR) is 87.4 cm³/mol. The van der Waals surface area contributed by atoms with Gasteiger partial charge in [-0.15, -0.1) is 0 Å². The molecule has 0 radical (unpaired) electrons. The summed E-state index contributed by atoms with van der Waals surface area (Å²) < 4.78 is 43.3. The van der Waals surface area contributed by atoms with E-state index in [1.54, 1.807) is 0 Å². The van der Waals surface area contributed by atoms with Crippen LogP contribution in [0, 0.1) is 0 Å².